The number of aromatic nitrogens is 2. The number of pyridine rings is 1. The van der Waals surface area contributed by atoms with Crippen LogP contribution in [-0.2, 0) is 14.8 Å². The van der Waals surface area contributed by atoms with Gasteiger partial charge in [0.15, 0.2) is 5.13 Å². The van der Waals surface area contributed by atoms with Gasteiger partial charge >= 0.3 is 0 Å². The normalized spacial score (nSPS) is 17.6. The molecule has 0 radical (unpaired) electrons. The van der Waals surface area contributed by atoms with Gasteiger partial charge in [0.25, 0.3) is 0 Å². The van der Waals surface area contributed by atoms with Crippen molar-refractivity contribution >= 4 is 44.0 Å². The van der Waals surface area contributed by atoms with Crippen LogP contribution in [0, 0.1) is 5.92 Å². The third kappa shape index (κ3) is 4.54. The van der Waals surface area contributed by atoms with Gasteiger partial charge in [0, 0.05) is 41.4 Å². The highest BCUT2D eigenvalue weighted by molar-refractivity contribution is 7.89. The fraction of sp³-hybridized carbons (Fsp3) is 0.250. The Kier molecular flexibility index (Phi) is 6.14. The maximum absolute atomic E-state index is 12.9. The molecule has 0 aliphatic carbocycles. The Labute approximate surface area is 183 Å². The average Bonchev–Trinajstić information content (AvgIpc) is 3.23. The van der Waals surface area contributed by atoms with E-state index in [2.05, 4.69) is 15.3 Å². The lowest BCUT2D eigenvalue weighted by molar-refractivity contribution is -0.120. The van der Waals surface area contributed by atoms with Crippen molar-refractivity contribution < 1.29 is 13.2 Å². The van der Waals surface area contributed by atoms with Crippen LogP contribution < -0.4 is 5.32 Å². The van der Waals surface area contributed by atoms with Crippen LogP contribution in [0.5, 0.6) is 0 Å². The molecule has 1 unspecified atom stereocenters. The first-order valence-electron chi connectivity index (χ1n) is 9.36. The predicted molar refractivity (Wildman–Crippen MR) is 117 cm³/mol. The minimum atomic E-state index is -3.67. The number of carbonyl (C=O) groups excluding carboxylic acids is 1. The summed E-state index contributed by atoms with van der Waals surface area (Å²) in [6, 6.07) is 9.76. The fourth-order valence-corrected chi connectivity index (χ4v) is 5.70. The van der Waals surface area contributed by atoms with E-state index in [0.717, 1.165) is 11.3 Å². The van der Waals surface area contributed by atoms with Crippen molar-refractivity contribution in [3.05, 3.63) is 59.2 Å². The molecule has 30 heavy (non-hydrogen) atoms. The van der Waals surface area contributed by atoms with Crippen molar-refractivity contribution in [1.29, 1.82) is 0 Å². The summed E-state index contributed by atoms with van der Waals surface area (Å²) < 4.78 is 27.2. The van der Waals surface area contributed by atoms with E-state index in [4.69, 9.17) is 11.6 Å². The number of nitrogens with zero attached hydrogens (tertiary/aromatic N) is 3. The zero-order chi connectivity index (χ0) is 21.1. The fourth-order valence-electron chi connectivity index (χ4n) is 3.32. The van der Waals surface area contributed by atoms with Crippen molar-refractivity contribution in [3.63, 3.8) is 0 Å². The van der Waals surface area contributed by atoms with Crippen LogP contribution in [0.15, 0.2) is 59.1 Å². The lowest BCUT2D eigenvalue weighted by Crippen LogP contribution is -2.43. The van der Waals surface area contributed by atoms with Gasteiger partial charge in [-0.3, -0.25) is 9.78 Å². The van der Waals surface area contributed by atoms with Crippen molar-refractivity contribution in [3.8, 4) is 11.3 Å². The maximum atomic E-state index is 12.9. The lowest BCUT2D eigenvalue weighted by atomic mass is 9.99. The molecule has 0 bridgehead atoms. The molecule has 4 rings (SSSR count). The summed E-state index contributed by atoms with van der Waals surface area (Å²) in [6.07, 6.45) is 4.61. The van der Waals surface area contributed by atoms with Crippen LogP contribution >= 0.6 is 22.9 Å². The first kappa shape index (κ1) is 20.9. The summed E-state index contributed by atoms with van der Waals surface area (Å²) in [6.45, 7) is 0.525. The van der Waals surface area contributed by atoms with Crippen molar-refractivity contribution in [1.82, 2.24) is 14.3 Å². The number of piperidine rings is 1. The van der Waals surface area contributed by atoms with Crippen LogP contribution in [0.2, 0.25) is 5.02 Å². The number of sulfonamides is 1. The molecular weight excluding hydrogens is 444 g/mol. The Morgan fingerprint density at radius 1 is 1.17 bits per heavy atom. The average molecular weight is 463 g/mol. The van der Waals surface area contributed by atoms with E-state index in [9.17, 15) is 13.2 Å². The first-order valence-corrected chi connectivity index (χ1v) is 12.1. The van der Waals surface area contributed by atoms with E-state index < -0.39 is 15.9 Å². The Balaban J connectivity index is 1.44. The van der Waals surface area contributed by atoms with E-state index in [1.807, 2.05) is 17.5 Å². The zero-order valence-corrected chi connectivity index (χ0v) is 18.3. The minimum absolute atomic E-state index is 0.138. The topological polar surface area (TPSA) is 92.3 Å². The second-order valence-electron chi connectivity index (χ2n) is 6.92. The molecule has 0 saturated carbocycles. The third-order valence-electron chi connectivity index (χ3n) is 4.92. The molecule has 1 amide bonds. The number of halogens is 1. The highest BCUT2D eigenvalue weighted by Gasteiger charge is 2.33. The summed E-state index contributed by atoms with van der Waals surface area (Å²) in [4.78, 5) is 21.4. The Morgan fingerprint density at radius 3 is 2.63 bits per heavy atom. The van der Waals surface area contributed by atoms with Gasteiger partial charge in [-0.05, 0) is 49.2 Å². The van der Waals surface area contributed by atoms with Gasteiger partial charge in [-0.15, -0.1) is 11.3 Å². The lowest BCUT2D eigenvalue weighted by Gasteiger charge is -2.31. The monoisotopic (exact) mass is 462 g/mol. The van der Waals surface area contributed by atoms with E-state index in [0.29, 0.717) is 29.5 Å². The van der Waals surface area contributed by atoms with E-state index >= 15 is 0 Å². The second kappa shape index (κ2) is 8.81. The highest BCUT2D eigenvalue weighted by atomic mass is 35.5. The molecule has 156 valence electrons. The zero-order valence-electron chi connectivity index (χ0n) is 15.9. The molecule has 7 nitrogen and oxygen atoms in total. The van der Waals surface area contributed by atoms with Gasteiger partial charge in [-0.25, -0.2) is 13.4 Å². The largest absolute Gasteiger partial charge is 0.302 e. The number of rotatable bonds is 5. The molecule has 3 aromatic rings. The van der Waals surface area contributed by atoms with Crippen molar-refractivity contribution in [2.75, 3.05) is 18.4 Å². The van der Waals surface area contributed by atoms with Crippen LogP contribution in [0.1, 0.15) is 12.8 Å². The van der Waals surface area contributed by atoms with Gasteiger partial charge in [0.05, 0.1) is 16.5 Å². The Hall–Kier alpha value is -2.33. The minimum Gasteiger partial charge on any atom is -0.302 e. The summed E-state index contributed by atoms with van der Waals surface area (Å²) in [5.41, 5.74) is 1.67. The highest BCUT2D eigenvalue weighted by Crippen LogP contribution is 2.28. The SMILES string of the molecule is O=C(Nc1nc(-c2ccncc2)cs1)C1CCCN(S(=O)(=O)c2ccc(Cl)cc2)C1. The van der Waals surface area contributed by atoms with E-state index in [1.54, 1.807) is 24.5 Å². The summed E-state index contributed by atoms with van der Waals surface area (Å²) in [7, 11) is -3.67. The molecule has 1 saturated heterocycles. The summed E-state index contributed by atoms with van der Waals surface area (Å²) in [5.74, 6) is -0.657. The number of thiazole rings is 1. The summed E-state index contributed by atoms with van der Waals surface area (Å²) >= 11 is 7.19. The molecule has 1 atom stereocenters. The number of carbonyl (C=O) groups is 1. The standard InChI is InChI=1S/C20H19ClN4O3S2/c21-16-3-5-17(6-4-16)30(27,28)25-11-1-2-15(12-25)19(26)24-20-23-18(13-29-20)14-7-9-22-10-8-14/h3-10,13,15H,1-2,11-12H2,(H,23,24,26). The quantitative estimate of drug-likeness (QED) is 0.620. The van der Waals surface area contributed by atoms with Crippen molar-refractivity contribution in [2.45, 2.75) is 17.7 Å². The van der Waals surface area contributed by atoms with E-state index in [1.165, 1.54) is 27.8 Å². The van der Waals surface area contributed by atoms with Gasteiger partial charge in [-0.2, -0.15) is 4.31 Å². The van der Waals surface area contributed by atoms with Gasteiger partial charge in [0.2, 0.25) is 15.9 Å². The number of nitrogens with one attached hydrogen (secondary N) is 1. The molecule has 0 spiro atoms. The second-order valence-corrected chi connectivity index (χ2v) is 10.2. The molecule has 1 fully saturated rings. The Morgan fingerprint density at radius 2 is 1.90 bits per heavy atom. The first-order chi connectivity index (χ1) is 14.4. The van der Waals surface area contributed by atoms with Crippen LogP contribution in [-0.4, -0.2) is 41.7 Å². The smallest absolute Gasteiger partial charge is 0.243 e. The molecular formula is C20H19ClN4O3S2. The molecule has 1 N–H and O–H groups in total. The number of anilines is 1. The molecule has 3 heterocycles. The van der Waals surface area contributed by atoms with Gasteiger partial charge in [-0.1, -0.05) is 11.6 Å². The van der Waals surface area contributed by atoms with E-state index in [-0.39, 0.29) is 17.3 Å². The molecule has 1 aromatic carbocycles. The summed E-state index contributed by atoms with van der Waals surface area (Å²) in [5, 5.41) is 5.66. The number of benzene rings is 1. The predicted octanol–water partition coefficient (Wildman–Crippen LogP) is 3.90. The van der Waals surface area contributed by atoms with Crippen molar-refractivity contribution in [2.24, 2.45) is 5.92 Å². The third-order valence-corrected chi connectivity index (χ3v) is 7.81. The Bertz CT molecular complexity index is 1130. The molecule has 1 aliphatic heterocycles. The van der Waals surface area contributed by atoms with Crippen LogP contribution in [0.4, 0.5) is 5.13 Å². The van der Waals surface area contributed by atoms with Crippen LogP contribution in [0.25, 0.3) is 11.3 Å². The number of hydrogen-bond acceptors (Lipinski definition) is 6. The number of hydrogen-bond donors (Lipinski definition) is 1. The van der Waals surface area contributed by atoms with Gasteiger partial charge in [0.1, 0.15) is 0 Å². The maximum Gasteiger partial charge on any atom is 0.243 e. The molecule has 2 aromatic heterocycles. The van der Waals surface area contributed by atoms with Gasteiger partial charge < -0.3 is 5.32 Å². The molecule has 10 heteroatoms. The van der Waals surface area contributed by atoms with Crippen LogP contribution in [0.3, 0.4) is 0 Å². The number of amides is 1. The molecule has 1 aliphatic rings.